The van der Waals surface area contributed by atoms with Gasteiger partial charge in [-0.1, -0.05) is 13.3 Å². The van der Waals surface area contributed by atoms with Gasteiger partial charge in [-0.25, -0.2) is 12.7 Å². The van der Waals surface area contributed by atoms with Crippen LogP contribution < -0.4 is 5.32 Å². The first-order valence-electron chi connectivity index (χ1n) is 7.31. The molecule has 0 radical (unpaired) electrons. The van der Waals surface area contributed by atoms with Gasteiger partial charge >= 0.3 is 0 Å². The average molecular weight is 290 g/mol. The second-order valence-electron chi connectivity index (χ2n) is 5.08. The van der Waals surface area contributed by atoms with Crippen molar-refractivity contribution in [1.82, 2.24) is 9.62 Å². The summed E-state index contributed by atoms with van der Waals surface area (Å²) in [7, 11) is -3.10. The summed E-state index contributed by atoms with van der Waals surface area (Å²) >= 11 is 0. The molecule has 1 heterocycles. The summed E-state index contributed by atoms with van der Waals surface area (Å²) in [5, 5.41) is 2.79. The molecule has 6 heteroatoms. The van der Waals surface area contributed by atoms with Crippen molar-refractivity contribution in [3.05, 3.63) is 0 Å². The minimum Gasteiger partial charge on any atom is -0.356 e. The second-order valence-corrected chi connectivity index (χ2v) is 7.17. The highest BCUT2D eigenvalue weighted by Gasteiger charge is 2.23. The summed E-state index contributed by atoms with van der Waals surface area (Å²) < 4.78 is 25.7. The maximum Gasteiger partial charge on any atom is 0.219 e. The van der Waals surface area contributed by atoms with E-state index in [0.717, 1.165) is 25.7 Å². The van der Waals surface area contributed by atoms with E-state index >= 15 is 0 Å². The molecular weight excluding hydrogens is 264 g/mol. The summed E-state index contributed by atoms with van der Waals surface area (Å²) in [6, 6.07) is 0. The molecule has 0 spiro atoms. The van der Waals surface area contributed by atoms with E-state index in [4.69, 9.17) is 0 Å². The van der Waals surface area contributed by atoms with Gasteiger partial charge in [0.15, 0.2) is 0 Å². The van der Waals surface area contributed by atoms with Gasteiger partial charge in [0.25, 0.3) is 0 Å². The van der Waals surface area contributed by atoms with Crippen molar-refractivity contribution in [2.45, 2.75) is 51.9 Å². The minimum absolute atomic E-state index is 0.0252. The zero-order valence-corrected chi connectivity index (χ0v) is 12.7. The molecule has 1 saturated heterocycles. The van der Waals surface area contributed by atoms with E-state index in [1.165, 1.54) is 0 Å². The summed E-state index contributed by atoms with van der Waals surface area (Å²) in [4.78, 5) is 11.4. The number of carbonyl (C=O) groups excluding carboxylic acids is 1. The molecule has 0 aromatic carbocycles. The molecule has 0 unspecified atom stereocenters. The maximum atomic E-state index is 12.0. The van der Waals surface area contributed by atoms with Crippen molar-refractivity contribution < 1.29 is 13.2 Å². The Hall–Kier alpha value is -0.620. The van der Waals surface area contributed by atoms with E-state index in [2.05, 4.69) is 5.32 Å². The van der Waals surface area contributed by atoms with Crippen LogP contribution in [-0.4, -0.2) is 44.0 Å². The number of piperidine rings is 1. The number of nitrogens with zero attached hydrogens (tertiary/aromatic N) is 1. The summed E-state index contributed by atoms with van der Waals surface area (Å²) in [5.41, 5.74) is 0. The number of hydrogen-bond acceptors (Lipinski definition) is 3. The summed E-state index contributed by atoms with van der Waals surface area (Å²) in [6.07, 6.45) is 5.63. The Labute approximate surface area is 116 Å². The molecule has 1 amide bonds. The molecule has 0 saturated carbocycles. The highest BCUT2D eigenvalue weighted by molar-refractivity contribution is 7.89. The van der Waals surface area contributed by atoms with Crippen molar-refractivity contribution in [1.29, 1.82) is 0 Å². The molecule has 0 bridgehead atoms. The first-order valence-corrected chi connectivity index (χ1v) is 8.91. The van der Waals surface area contributed by atoms with Crippen LogP contribution in [0.4, 0.5) is 0 Å². The monoisotopic (exact) mass is 290 g/mol. The Morgan fingerprint density at radius 1 is 1.16 bits per heavy atom. The molecule has 1 N–H and O–H groups in total. The van der Waals surface area contributed by atoms with Crippen LogP contribution in [0.3, 0.4) is 0 Å². The normalized spacial score (nSPS) is 17.3. The largest absolute Gasteiger partial charge is 0.356 e. The van der Waals surface area contributed by atoms with Gasteiger partial charge in [0.1, 0.15) is 0 Å². The summed E-state index contributed by atoms with van der Waals surface area (Å²) in [6.45, 7) is 4.04. The van der Waals surface area contributed by atoms with Gasteiger partial charge < -0.3 is 5.32 Å². The fourth-order valence-corrected chi connectivity index (χ4v) is 3.84. The van der Waals surface area contributed by atoms with Crippen molar-refractivity contribution >= 4 is 15.9 Å². The predicted molar refractivity (Wildman–Crippen MR) is 76.4 cm³/mol. The van der Waals surface area contributed by atoms with Gasteiger partial charge in [-0.3, -0.25) is 4.79 Å². The first kappa shape index (κ1) is 16.4. The number of sulfonamides is 1. The maximum absolute atomic E-state index is 12.0. The van der Waals surface area contributed by atoms with Crippen molar-refractivity contribution in [2.24, 2.45) is 0 Å². The molecule has 1 aliphatic rings. The van der Waals surface area contributed by atoms with E-state index in [1.807, 2.05) is 6.92 Å². The summed E-state index contributed by atoms with van der Waals surface area (Å²) in [5.74, 6) is 0.200. The van der Waals surface area contributed by atoms with Crippen molar-refractivity contribution in [3.8, 4) is 0 Å². The van der Waals surface area contributed by atoms with Crippen LogP contribution in [0, 0.1) is 0 Å². The highest BCUT2D eigenvalue weighted by Crippen LogP contribution is 2.14. The van der Waals surface area contributed by atoms with Crippen LogP contribution in [-0.2, 0) is 14.8 Å². The molecule has 1 rings (SSSR count). The van der Waals surface area contributed by atoms with Crippen LogP contribution >= 0.6 is 0 Å². The van der Waals surface area contributed by atoms with Crippen LogP contribution in [0.25, 0.3) is 0 Å². The van der Waals surface area contributed by atoms with Gasteiger partial charge in [-0.05, 0) is 32.1 Å². The lowest BCUT2D eigenvalue weighted by Crippen LogP contribution is -2.37. The second kappa shape index (κ2) is 8.53. The average Bonchev–Trinajstić information content (AvgIpc) is 2.42. The van der Waals surface area contributed by atoms with E-state index < -0.39 is 10.0 Å². The molecule has 0 aromatic rings. The molecule has 1 fully saturated rings. The number of amides is 1. The van der Waals surface area contributed by atoms with E-state index in [0.29, 0.717) is 38.9 Å². The Morgan fingerprint density at radius 2 is 1.84 bits per heavy atom. The van der Waals surface area contributed by atoms with Gasteiger partial charge in [-0.2, -0.15) is 0 Å². The third kappa shape index (κ3) is 6.38. The van der Waals surface area contributed by atoms with Crippen LogP contribution in [0.5, 0.6) is 0 Å². The number of unbranched alkanes of at least 4 members (excludes halogenated alkanes) is 1. The fraction of sp³-hybridized carbons (Fsp3) is 0.923. The van der Waals surface area contributed by atoms with Gasteiger partial charge in [0.2, 0.25) is 15.9 Å². The van der Waals surface area contributed by atoms with Crippen LogP contribution in [0.2, 0.25) is 0 Å². The molecular formula is C13H26N2O3S. The molecule has 0 aromatic heterocycles. The van der Waals surface area contributed by atoms with E-state index in [9.17, 15) is 13.2 Å². The third-order valence-corrected chi connectivity index (χ3v) is 5.29. The zero-order chi connectivity index (χ0) is 14.1. The molecule has 0 aliphatic carbocycles. The quantitative estimate of drug-likeness (QED) is 0.689. The van der Waals surface area contributed by atoms with Gasteiger partial charge in [0, 0.05) is 26.1 Å². The third-order valence-electron chi connectivity index (χ3n) is 3.34. The lowest BCUT2D eigenvalue weighted by atomic mass is 10.2. The molecule has 1 aliphatic heterocycles. The smallest absolute Gasteiger partial charge is 0.219 e. The van der Waals surface area contributed by atoms with Gasteiger partial charge in [-0.15, -0.1) is 0 Å². The van der Waals surface area contributed by atoms with Crippen LogP contribution in [0.1, 0.15) is 51.9 Å². The van der Waals surface area contributed by atoms with Crippen molar-refractivity contribution in [3.63, 3.8) is 0 Å². The lowest BCUT2D eigenvalue weighted by molar-refractivity contribution is -0.121. The number of rotatable bonds is 8. The first-order chi connectivity index (χ1) is 9.06. The molecule has 112 valence electrons. The minimum atomic E-state index is -3.10. The molecule has 0 atom stereocenters. The van der Waals surface area contributed by atoms with Crippen LogP contribution in [0.15, 0.2) is 0 Å². The lowest BCUT2D eigenvalue weighted by Gasteiger charge is -2.25. The van der Waals surface area contributed by atoms with E-state index in [-0.39, 0.29) is 11.7 Å². The zero-order valence-electron chi connectivity index (χ0n) is 11.9. The number of nitrogens with one attached hydrogen (secondary N) is 1. The molecule has 5 nitrogen and oxygen atoms in total. The van der Waals surface area contributed by atoms with Gasteiger partial charge in [0.05, 0.1) is 5.75 Å². The van der Waals surface area contributed by atoms with Crippen molar-refractivity contribution in [2.75, 3.05) is 25.4 Å². The van der Waals surface area contributed by atoms with E-state index in [1.54, 1.807) is 4.31 Å². The number of carbonyl (C=O) groups is 1. The SMILES string of the molecule is CCCNC(=O)CCCCS(=O)(=O)N1CCCCC1. The predicted octanol–water partition coefficient (Wildman–Crippen LogP) is 1.50. The Kier molecular flexibility index (Phi) is 7.38. The fourth-order valence-electron chi connectivity index (χ4n) is 2.19. The topological polar surface area (TPSA) is 66.5 Å². The Balaban J connectivity index is 2.18. The Morgan fingerprint density at radius 3 is 2.47 bits per heavy atom. The standard InChI is InChI=1S/C13H26N2O3S/c1-2-9-14-13(16)8-4-7-12-19(17,18)15-10-5-3-6-11-15/h2-12H2,1H3,(H,14,16). The molecule has 19 heavy (non-hydrogen) atoms. The number of hydrogen-bond donors (Lipinski definition) is 1. The highest BCUT2D eigenvalue weighted by atomic mass is 32.2. The Bertz CT molecular complexity index is 362.